The standard InChI is InChI=1S/C17H18N2O5S/c1-23-14-8-13(9-15(10-14)24-2)18-25(21,22)16-3-4-17-12(7-16)5-6-19(17)11-20/h3-4,7-11,18H,5-6H2,1-2H3. The van der Waals surface area contributed by atoms with Gasteiger partial charge in [0.05, 0.1) is 24.8 Å². The molecule has 0 aliphatic carbocycles. The van der Waals surface area contributed by atoms with Gasteiger partial charge in [0.25, 0.3) is 10.0 Å². The predicted octanol–water partition coefficient (Wildman–Crippen LogP) is 2.02. The number of carbonyl (C=O) groups excluding carboxylic acids is 1. The van der Waals surface area contributed by atoms with Crippen LogP contribution in [0.4, 0.5) is 11.4 Å². The predicted molar refractivity (Wildman–Crippen MR) is 93.9 cm³/mol. The Morgan fingerprint density at radius 2 is 1.76 bits per heavy atom. The highest BCUT2D eigenvalue weighted by Gasteiger charge is 2.22. The van der Waals surface area contributed by atoms with E-state index in [2.05, 4.69) is 4.72 Å². The maximum absolute atomic E-state index is 12.7. The Morgan fingerprint density at radius 3 is 2.36 bits per heavy atom. The van der Waals surface area contributed by atoms with Crippen LogP contribution in [0.25, 0.3) is 0 Å². The minimum Gasteiger partial charge on any atom is -0.497 e. The zero-order valence-corrected chi connectivity index (χ0v) is 14.7. The monoisotopic (exact) mass is 362 g/mol. The van der Waals surface area contributed by atoms with Crippen molar-refractivity contribution in [3.05, 3.63) is 42.0 Å². The Balaban J connectivity index is 1.92. The van der Waals surface area contributed by atoms with Crippen LogP contribution in [-0.2, 0) is 21.2 Å². The zero-order valence-electron chi connectivity index (χ0n) is 13.9. The summed E-state index contributed by atoms with van der Waals surface area (Å²) in [4.78, 5) is 12.7. The molecule has 1 amide bonds. The summed E-state index contributed by atoms with van der Waals surface area (Å²) in [6.45, 7) is 0.558. The number of fused-ring (bicyclic) bond motifs is 1. The molecule has 1 heterocycles. The van der Waals surface area contributed by atoms with E-state index in [4.69, 9.17) is 9.47 Å². The third kappa shape index (κ3) is 3.39. The number of methoxy groups -OCH3 is 2. The molecule has 1 aliphatic rings. The van der Waals surface area contributed by atoms with Gasteiger partial charge in [0, 0.05) is 30.4 Å². The molecule has 25 heavy (non-hydrogen) atoms. The molecule has 2 aromatic carbocycles. The maximum Gasteiger partial charge on any atom is 0.261 e. The van der Waals surface area contributed by atoms with E-state index in [0.717, 1.165) is 17.7 Å². The highest BCUT2D eigenvalue weighted by Crippen LogP contribution is 2.31. The number of ether oxygens (including phenoxy) is 2. The molecule has 3 rings (SSSR count). The Labute approximate surface area is 146 Å². The highest BCUT2D eigenvalue weighted by molar-refractivity contribution is 7.92. The third-order valence-electron chi connectivity index (χ3n) is 4.02. The number of benzene rings is 2. The number of hydrogen-bond donors (Lipinski definition) is 1. The minimum atomic E-state index is -3.78. The molecule has 0 aromatic heterocycles. The van der Waals surface area contributed by atoms with Gasteiger partial charge in [-0.2, -0.15) is 0 Å². The summed E-state index contributed by atoms with van der Waals surface area (Å²) >= 11 is 0. The number of rotatable bonds is 6. The lowest BCUT2D eigenvalue weighted by Gasteiger charge is -2.13. The SMILES string of the molecule is COc1cc(NS(=O)(=O)c2ccc3c(c2)CCN3C=O)cc(OC)c1. The lowest BCUT2D eigenvalue weighted by molar-refractivity contribution is -0.107. The smallest absolute Gasteiger partial charge is 0.261 e. The van der Waals surface area contributed by atoms with Gasteiger partial charge in [0.1, 0.15) is 11.5 Å². The van der Waals surface area contributed by atoms with Crippen molar-refractivity contribution in [3.63, 3.8) is 0 Å². The normalized spacial score (nSPS) is 13.3. The summed E-state index contributed by atoms with van der Waals surface area (Å²) in [6, 6.07) is 9.53. The highest BCUT2D eigenvalue weighted by atomic mass is 32.2. The van der Waals surface area contributed by atoms with E-state index in [9.17, 15) is 13.2 Å². The first kappa shape index (κ1) is 17.1. The van der Waals surface area contributed by atoms with Crippen molar-refractivity contribution in [1.82, 2.24) is 0 Å². The van der Waals surface area contributed by atoms with Crippen molar-refractivity contribution in [2.24, 2.45) is 0 Å². The van der Waals surface area contributed by atoms with Gasteiger partial charge in [0.15, 0.2) is 0 Å². The van der Waals surface area contributed by atoms with Crippen molar-refractivity contribution >= 4 is 27.8 Å². The van der Waals surface area contributed by atoms with Gasteiger partial charge in [-0.15, -0.1) is 0 Å². The fourth-order valence-corrected chi connectivity index (χ4v) is 3.85. The molecule has 7 nitrogen and oxygen atoms in total. The van der Waals surface area contributed by atoms with E-state index in [1.165, 1.54) is 20.3 Å². The van der Waals surface area contributed by atoms with Crippen LogP contribution in [0, 0.1) is 0 Å². The second-order valence-electron chi connectivity index (χ2n) is 5.55. The molecule has 8 heteroatoms. The summed E-state index contributed by atoms with van der Waals surface area (Å²) in [7, 11) is -0.792. The largest absolute Gasteiger partial charge is 0.497 e. The molecule has 0 unspecified atom stereocenters. The van der Waals surface area contributed by atoms with Crippen molar-refractivity contribution < 1.29 is 22.7 Å². The summed E-state index contributed by atoms with van der Waals surface area (Å²) in [5.41, 5.74) is 1.92. The molecule has 0 saturated carbocycles. The van der Waals surface area contributed by atoms with E-state index in [0.29, 0.717) is 30.2 Å². The fourth-order valence-electron chi connectivity index (χ4n) is 2.76. The second-order valence-corrected chi connectivity index (χ2v) is 7.23. The maximum atomic E-state index is 12.7. The van der Waals surface area contributed by atoms with Gasteiger partial charge in [-0.25, -0.2) is 8.42 Å². The van der Waals surface area contributed by atoms with Gasteiger partial charge in [-0.05, 0) is 30.2 Å². The quantitative estimate of drug-likeness (QED) is 0.795. The average Bonchev–Trinajstić information content (AvgIpc) is 3.03. The van der Waals surface area contributed by atoms with E-state index >= 15 is 0 Å². The Bertz CT molecular complexity index is 889. The molecule has 0 atom stereocenters. The zero-order chi connectivity index (χ0) is 18.0. The summed E-state index contributed by atoms with van der Waals surface area (Å²) in [6.07, 6.45) is 1.38. The first-order chi connectivity index (χ1) is 12.0. The van der Waals surface area contributed by atoms with E-state index in [-0.39, 0.29) is 4.90 Å². The Morgan fingerprint density at radius 1 is 1.08 bits per heavy atom. The molecule has 132 valence electrons. The Hall–Kier alpha value is -2.74. The number of amides is 1. The van der Waals surface area contributed by atoms with Gasteiger partial charge >= 0.3 is 0 Å². The summed E-state index contributed by atoms with van der Waals surface area (Å²) < 4.78 is 38.2. The molecule has 0 radical (unpaired) electrons. The van der Waals surface area contributed by atoms with Gasteiger partial charge in [-0.3, -0.25) is 9.52 Å². The van der Waals surface area contributed by atoms with Gasteiger partial charge < -0.3 is 14.4 Å². The molecule has 2 aromatic rings. The topological polar surface area (TPSA) is 84.9 Å². The number of hydrogen-bond acceptors (Lipinski definition) is 5. The van der Waals surface area contributed by atoms with Gasteiger partial charge in [-0.1, -0.05) is 0 Å². The molecule has 0 fully saturated rings. The van der Waals surface area contributed by atoms with Crippen LogP contribution in [0.2, 0.25) is 0 Å². The molecule has 1 aliphatic heterocycles. The Kier molecular flexibility index (Phi) is 4.54. The van der Waals surface area contributed by atoms with Crippen molar-refractivity contribution in [2.75, 3.05) is 30.4 Å². The number of anilines is 2. The van der Waals surface area contributed by atoms with E-state index < -0.39 is 10.0 Å². The van der Waals surface area contributed by atoms with Crippen molar-refractivity contribution in [3.8, 4) is 11.5 Å². The first-order valence-corrected chi connectivity index (χ1v) is 9.06. The van der Waals surface area contributed by atoms with Crippen LogP contribution in [-0.4, -0.2) is 35.6 Å². The molecule has 0 saturated heterocycles. The third-order valence-corrected chi connectivity index (χ3v) is 5.40. The average molecular weight is 362 g/mol. The number of nitrogens with one attached hydrogen (secondary N) is 1. The minimum absolute atomic E-state index is 0.140. The fraction of sp³-hybridized carbons (Fsp3) is 0.235. The number of nitrogens with zero attached hydrogens (tertiary/aromatic N) is 1. The molecular weight excluding hydrogens is 344 g/mol. The summed E-state index contributed by atoms with van der Waals surface area (Å²) in [5, 5.41) is 0. The van der Waals surface area contributed by atoms with Crippen LogP contribution in [0.15, 0.2) is 41.3 Å². The van der Waals surface area contributed by atoms with Crippen molar-refractivity contribution in [2.45, 2.75) is 11.3 Å². The molecule has 0 spiro atoms. The second kappa shape index (κ2) is 6.64. The van der Waals surface area contributed by atoms with E-state index in [1.54, 1.807) is 35.2 Å². The molecule has 0 bridgehead atoms. The van der Waals surface area contributed by atoms with Crippen LogP contribution in [0.3, 0.4) is 0 Å². The lowest BCUT2D eigenvalue weighted by Crippen LogP contribution is -2.17. The number of sulfonamides is 1. The van der Waals surface area contributed by atoms with Crippen LogP contribution >= 0.6 is 0 Å². The first-order valence-electron chi connectivity index (χ1n) is 7.57. The van der Waals surface area contributed by atoms with Crippen LogP contribution < -0.4 is 19.1 Å². The molecule has 1 N–H and O–H groups in total. The van der Waals surface area contributed by atoms with Crippen molar-refractivity contribution in [1.29, 1.82) is 0 Å². The van der Waals surface area contributed by atoms with Crippen LogP contribution in [0.1, 0.15) is 5.56 Å². The van der Waals surface area contributed by atoms with Crippen LogP contribution in [0.5, 0.6) is 11.5 Å². The molecular formula is C17H18N2O5S. The van der Waals surface area contributed by atoms with Gasteiger partial charge in [0.2, 0.25) is 6.41 Å². The van der Waals surface area contributed by atoms with E-state index in [1.807, 2.05) is 0 Å². The lowest BCUT2D eigenvalue weighted by atomic mass is 10.2. The summed E-state index contributed by atoms with van der Waals surface area (Å²) in [5.74, 6) is 0.959. The number of carbonyl (C=O) groups is 1.